The van der Waals surface area contributed by atoms with Crippen LogP contribution in [0.3, 0.4) is 0 Å². The number of hydrogen-bond acceptors (Lipinski definition) is 7. The van der Waals surface area contributed by atoms with Crippen molar-refractivity contribution in [1.82, 2.24) is 5.32 Å². The Balaban J connectivity index is 2.16. The molecular formula is C11H17F3N2O4S. The first kappa shape index (κ1) is 16.8. The Morgan fingerprint density at radius 2 is 2.10 bits per heavy atom. The van der Waals surface area contributed by atoms with Crippen LogP contribution in [0.2, 0.25) is 0 Å². The molecule has 0 aromatic carbocycles. The summed E-state index contributed by atoms with van der Waals surface area (Å²) in [5, 5.41) is 23.3. The van der Waals surface area contributed by atoms with Crippen molar-refractivity contribution >= 4 is 16.9 Å². The molecule has 1 saturated heterocycles. The number of alkyl halides is 3. The van der Waals surface area contributed by atoms with Gasteiger partial charge in [0.05, 0.1) is 0 Å². The summed E-state index contributed by atoms with van der Waals surface area (Å²) in [7, 11) is 0.884. The second-order valence-corrected chi connectivity index (χ2v) is 5.81. The van der Waals surface area contributed by atoms with Gasteiger partial charge < -0.3 is 25.0 Å². The summed E-state index contributed by atoms with van der Waals surface area (Å²) in [5.41, 5.74) is -0.789. The molecule has 2 heterocycles. The van der Waals surface area contributed by atoms with E-state index in [1.807, 2.05) is 6.92 Å². The van der Waals surface area contributed by atoms with Crippen molar-refractivity contribution in [1.29, 1.82) is 0 Å². The first-order valence-electron chi connectivity index (χ1n) is 6.39. The number of amidine groups is 1. The zero-order chi connectivity index (χ0) is 15.8. The number of aliphatic hydroxyl groups is 2. The smallest absolute Gasteiger partial charge is 0.388 e. The Morgan fingerprint density at radius 1 is 1.43 bits per heavy atom. The van der Waals surface area contributed by atoms with Gasteiger partial charge in [0.1, 0.15) is 29.8 Å². The van der Waals surface area contributed by atoms with Crippen molar-refractivity contribution in [2.75, 3.05) is 13.7 Å². The van der Waals surface area contributed by atoms with Gasteiger partial charge >= 0.3 is 6.18 Å². The molecule has 2 aliphatic heterocycles. The van der Waals surface area contributed by atoms with Gasteiger partial charge in [-0.05, 0) is 6.92 Å². The lowest BCUT2D eigenvalue weighted by atomic mass is 9.94. The number of hydrogen-bond donors (Lipinski definition) is 3. The number of thioether (sulfide) groups is 1. The topological polar surface area (TPSA) is 83.3 Å². The maximum atomic E-state index is 12.9. The van der Waals surface area contributed by atoms with Crippen molar-refractivity contribution in [3.05, 3.63) is 0 Å². The van der Waals surface area contributed by atoms with E-state index in [0.717, 1.165) is 18.9 Å². The molecule has 10 heteroatoms. The Labute approximate surface area is 123 Å². The molecule has 1 fully saturated rings. The number of fused-ring (bicyclic) bond motifs is 1. The predicted molar refractivity (Wildman–Crippen MR) is 70.0 cm³/mol. The molecule has 2 aliphatic rings. The van der Waals surface area contributed by atoms with Crippen LogP contribution in [0, 0.1) is 0 Å². The highest BCUT2D eigenvalue weighted by Gasteiger charge is 2.56. The molecule has 1 unspecified atom stereocenters. The number of ether oxygens (including phenoxy) is 2. The van der Waals surface area contributed by atoms with E-state index in [0.29, 0.717) is 11.7 Å². The number of aliphatic hydroxyl groups excluding tert-OH is 2. The fourth-order valence-electron chi connectivity index (χ4n) is 2.33. The highest BCUT2D eigenvalue weighted by Crippen LogP contribution is 2.39. The van der Waals surface area contributed by atoms with Crippen LogP contribution in [0.5, 0.6) is 0 Å². The predicted octanol–water partition coefficient (Wildman–Crippen LogP) is 0.0913. The fourth-order valence-corrected chi connectivity index (χ4v) is 3.50. The monoisotopic (exact) mass is 330 g/mol. The molecule has 0 saturated carbocycles. The number of halogens is 3. The quantitative estimate of drug-likeness (QED) is 0.680. The van der Waals surface area contributed by atoms with E-state index >= 15 is 0 Å². The third kappa shape index (κ3) is 3.29. The molecule has 0 aliphatic carbocycles. The molecule has 0 radical (unpaired) electrons. The summed E-state index contributed by atoms with van der Waals surface area (Å²) in [6.45, 7) is 2.42. The number of rotatable bonds is 3. The largest absolute Gasteiger partial charge is 0.417 e. The number of nitrogens with zero attached hydrogens (tertiary/aromatic N) is 1. The van der Waals surface area contributed by atoms with Crippen molar-refractivity contribution < 1.29 is 32.9 Å². The standard InChI is InChI=1S/C11H17F3N2O4S/c1-3-15-10-16-4-5(17)6(18)7(20-9(4)21-10)8(19-2)11(12,13)14/h4-9,17-18H,3H2,1-2H3,(H,15,16)/t4-,5-,6+,7?,8-,9-/m1/s1. The summed E-state index contributed by atoms with van der Waals surface area (Å²) in [5.74, 6) is 0. The molecule has 0 aromatic rings. The lowest BCUT2D eigenvalue weighted by molar-refractivity contribution is -0.278. The van der Waals surface area contributed by atoms with E-state index in [1.54, 1.807) is 0 Å². The van der Waals surface area contributed by atoms with Crippen LogP contribution in [0.15, 0.2) is 4.99 Å². The van der Waals surface area contributed by atoms with Crippen LogP contribution in [0.1, 0.15) is 6.92 Å². The molecule has 6 nitrogen and oxygen atoms in total. The van der Waals surface area contributed by atoms with Gasteiger partial charge in [-0.25, -0.2) is 0 Å². The van der Waals surface area contributed by atoms with Gasteiger partial charge in [0, 0.05) is 13.7 Å². The molecule has 0 bridgehead atoms. The Morgan fingerprint density at radius 3 is 2.62 bits per heavy atom. The minimum atomic E-state index is -4.71. The zero-order valence-electron chi connectivity index (χ0n) is 11.4. The molecule has 122 valence electrons. The second kappa shape index (κ2) is 6.29. The van der Waals surface area contributed by atoms with Gasteiger partial charge in [0.2, 0.25) is 0 Å². The van der Waals surface area contributed by atoms with Gasteiger partial charge in [0.15, 0.2) is 11.3 Å². The Kier molecular flexibility index (Phi) is 5.03. The first-order valence-corrected chi connectivity index (χ1v) is 7.27. The maximum Gasteiger partial charge on any atom is 0.417 e. The SMILES string of the molecule is CCNC1=N[C@@H]2[C@@H](O)[C@H](O)C([C@@H](OC)C(F)(F)F)O[C@@H]2S1. The normalized spacial score (nSPS) is 37.9. The highest BCUT2D eigenvalue weighted by molar-refractivity contribution is 8.14. The molecule has 0 amide bonds. The van der Waals surface area contributed by atoms with Crippen LogP contribution in [-0.2, 0) is 9.47 Å². The number of methoxy groups -OCH3 is 1. The van der Waals surface area contributed by atoms with Crippen LogP contribution in [0.4, 0.5) is 13.2 Å². The highest BCUT2D eigenvalue weighted by atomic mass is 32.2. The summed E-state index contributed by atoms with van der Waals surface area (Å²) < 4.78 is 48.4. The van der Waals surface area contributed by atoms with Gasteiger partial charge in [-0.2, -0.15) is 13.2 Å². The molecular weight excluding hydrogens is 313 g/mol. The molecule has 2 rings (SSSR count). The number of aliphatic imine (C=N–C) groups is 1. The minimum absolute atomic E-state index is 0.473. The van der Waals surface area contributed by atoms with Crippen LogP contribution >= 0.6 is 11.8 Å². The van der Waals surface area contributed by atoms with Crippen molar-refractivity contribution in [2.45, 2.75) is 49.0 Å². The summed E-state index contributed by atoms with van der Waals surface area (Å²) in [4.78, 5) is 4.12. The zero-order valence-corrected chi connectivity index (χ0v) is 12.2. The van der Waals surface area contributed by atoms with Crippen LogP contribution in [-0.4, -0.2) is 71.1 Å². The van der Waals surface area contributed by atoms with Crippen LogP contribution < -0.4 is 5.32 Å². The summed E-state index contributed by atoms with van der Waals surface area (Å²) in [6, 6.07) is -0.805. The van der Waals surface area contributed by atoms with E-state index in [1.165, 1.54) is 0 Å². The average Bonchev–Trinajstić information content (AvgIpc) is 2.78. The third-order valence-corrected chi connectivity index (χ3v) is 4.40. The van der Waals surface area contributed by atoms with Gasteiger partial charge in [-0.1, -0.05) is 11.8 Å². The fraction of sp³-hybridized carbons (Fsp3) is 0.909. The molecule has 0 aromatic heterocycles. The van der Waals surface area contributed by atoms with Gasteiger partial charge in [-0.15, -0.1) is 0 Å². The maximum absolute atomic E-state index is 12.9. The van der Waals surface area contributed by atoms with Crippen molar-refractivity contribution in [2.24, 2.45) is 4.99 Å². The summed E-state index contributed by atoms with van der Waals surface area (Å²) >= 11 is 1.09. The lowest BCUT2D eigenvalue weighted by Gasteiger charge is -2.41. The van der Waals surface area contributed by atoms with Crippen LogP contribution in [0.25, 0.3) is 0 Å². The molecule has 21 heavy (non-hydrogen) atoms. The van der Waals surface area contributed by atoms with E-state index < -0.39 is 42.1 Å². The average molecular weight is 330 g/mol. The summed E-state index contributed by atoms with van der Waals surface area (Å²) in [6.07, 6.45) is -11.9. The Bertz CT molecular complexity index is 409. The molecule has 0 spiro atoms. The van der Waals surface area contributed by atoms with Gasteiger partial charge in [-0.3, -0.25) is 4.99 Å². The Hall–Kier alpha value is -0.550. The van der Waals surface area contributed by atoms with E-state index in [9.17, 15) is 23.4 Å². The van der Waals surface area contributed by atoms with Gasteiger partial charge in [0.25, 0.3) is 0 Å². The van der Waals surface area contributed by atoms with E-state index in [4.69, 9.17) is 4.74 Å². The third-order valence-electron chi connectivity index (χ3n) is 3.30. The molecule has 6 atom stereocenters. The molecule has 3 N–H and O–H groups in total. The second-order valence-electron chi connectivity index (χ2n) is 4.72. The van der Waals surface area contributed by atoms with Crippen molar-refractivity contribution in [3.8, 4) is 0 Å². The number of nitrogens with one attached hydrogen (secondary N) is 1. The van der Waals surface area contributed by atoms with E-state index in [-0.39, 0.29) is 0 Å². The first-order chi connectivity index (χ1) is 9.79. The van der Waals surface area contributed by atoms with E-state index in [2.05, 4.69) is 15.0 Å². The minimum Gasteiger partial charge on any atom is -0.388 e. The van der Waals surface area contributed by atoms with Crippen molar-refractivity contribution in [3.63, 3.8) is 0 Å². The lowest BCUT2D eigenvalue weighted by Crippen LogP contribution is -2.61.